The summed E-state index contributed by atoms with van der Waals surface area (Å²) in [5.41, 5.74) is 1.16. The Morgan fingerprint density at radius 3 is 2.48 bits per heavy atom. The zero-order chi connectivity index (χ0) is 17.6. The zero-order valence-corrected chi connectivity index (χ0v) is 14.1. The maximum absolute atomic E-state index is 12.9. The van der Waals surface area contributed by atoms with Crippen LogP contribution in [0.15, 0.2) is 47.4 Å². The molecule has 5 nitrogen and oxygen atoms in total. The van der Waals surface area contributed by atoms with Gasteiger partial charge in [0.1, 0.15) is 5.82 Å². The minimum absolute atomic E-state index is 0.103. The molecular formula is C19H22FN3O2. The van der Waals surface area contributed by atoms with Crippen molar-refractivity contribution in [1.29, 1.82) is 0 Å². The van der Waals surface area contributed by atoms with E-state index in [4.69, 9.17) is 0 Å². The van der Waals surface area contributed by atoms with Gasteiger partial charge in [0, 0.05) is 31.9 Å². The lowest BCUT2D eigenvalue weighted by Gasteiger charge is -2.15. The number of halogens is 1. The van der Waals surface area contributed by atoms with E-state index in [-0.39, 0.29) is 17.3 Å². The fraction of sp³-hybridized carbons (Fsp3) is 0.368. The van der Waals surface area contributed by atoms with Crippen LogP contribution in [0.4, 0.5) is 4.39 Å². The summed E-state index contributed by atoms with van der Waals surface area (Å²) in [6.45, 7) is 3.86. The maximum atomic E-state index is 12.9. The molecule has 1 N–H and O–H groups in total. The average molecular weight is 343 g/mol. The Bertz CT molecular complexity index is 780. The molecule has 1 saturated heterocycles. The van der Waals surface area contributed by atoms with E-state index in [0.717, 1.165) is 25.2 Å². The SMILES string of the molecule is O=C(NCc1ccc(F)cc1)c1ccc(=O)n(CCN2CCCC2)c1. The predicted octanol–water partition coefficient (Wildman–Crippen LogP) is 2.01. The summed E-state index contributed by atoms with van der Waals surface area (Å²) in [7, 11) is 0. The summed E-state index contributed by atoms with van der Waals surface area (Å²) in [5.74, 6) is -0.556. The summed E-state index contributed by atoms with van der Waals surface area (Å²) in [4.78, 5) is 26.6. The summed E-state index contributed by atoms with van der Waals surface area (Å²) in [6.07, 6.45) is 4.03. The Morgan fingerprint density at radius 2 is 1.76 bits per heavy atom. The van der Waals surface area contributed by atoms with Crippen LogP contribution in [0.5, 0.6) is 0 Å². The summed E-state index contributed by atoms with van der Waals surface area (Å²) >= 11 is 0. The predicted molar refractivity (Wildman–Crippen MR) is 93.9 cm³/mol. The van der Waals surface area contributed by atoms with E-state index in [0.29, 0.717) is 18.7 Å². The van der Waals surface area contributed by atoms with Gasteiger partial charge in [-0.1, -0.05) is 12.1 Å². The van der Waals surface area contributed by atoms with Crippen molar-refractivity contribution in [3.8, 4) is 0 Å². The lowest BCUT2D eigenvalue weighted by Crippen LogP contribution is -2.30. The van der Waals surface area contributed by atoms with Crippen molar-refractivity contribution in [3.05, 3.63) is 69.9 Å². The molecule has 3 rings (SSSR count). The molecule has 0 bridgehead atoms. The highest BCUT2D eigenvalue weighted by Gasteiger charge is 2.12. The first-order chi connectivity index (χ1) is 12.1. The first-order valence-electron chi connectivity index (χ1n) is 8.57. The minimum atomic E-state index is -0.305. The Kier molecular flexibility index (Phi) is 5.60. The molecule has 0 atom stereocenters. The third-order valence-electron chi connectivity index (χ3n) is 4.47. The fourth-order valence-corrected chi connectivity index (χ4v) is 2.98. The number of rotatable bonds is 6. The highest BCUT2D eigenvalue weighted by atomic mass is 19.1. The number of amides is 1. The summed E-state index contributed by atoms with van der Waals surface area (Å²) in [6, 6.07) is 8.95. The van der Waals surface area contributed by atoms with Crippen LogP contribution >= 0.6 is 0 Å². The van der Waals surface area contributed by atoms with Crippen LogP contribution < -0.4 is 10.9 Å². The molecule has 0 aliphatic carbocycles. The van der Waals surface area contributed by atoms with E-state index >= 15 is 0 Å². The van der Waals surface area contributed by atoms with Gasteiger partial charge >= 0.3 is 0 Å². The van der Waals surface area contributed by atoms with E-state index < -0.39 is 0 Å². The van der Waals surface area contributed by atoms with E-state index in [1.54, 1.807) is 22.9 Å². The fourth-order valence-electron chi connectivity index (χ4n) is 2.98. The third kappa shape index (κ3) is 4.76. The van der Waals surface area contributed by atoms with Crippen LogP contribution in [-0.4, -0.2) is 35.0 Å². The van der Waals surface area contributed by atoms with Crippen LogP contribution in [0.2, 0.25) is 0 Å². The number of hydrogen-bond acceptors (Lipinski definition) is 3. The molecule has 1 aromatic carbocycles. The van der Waals surface area contributed by atoms with Crippen molar-refractivity contribution in [2.24, 2.45) is 0 Å². The Balaban J connectivity index is 1.60. The quantitative estimate of drug-likeness (QED) is 0.873. The van der Waals surface area contributed by atoms with Crippen LogP contribution in [0.25, 0.3) is 0 Å². The van der Waals surface area contributed by atoms with E-state index in [2.05, 4.69) is 10.2 Å². The first-order valence-corrected chi connectivity index (χ1v) is 8.57. The van der Waals surface area contributed by atoms with Crippen molar-refractivity contribution in [2.75, 3.05) is 19.6 Å². The summed E-state index contributed by atoms with van der Waals surface area (Å²) < 4.78 is 14.5. The monoisotopic (exact) mass is 343 g/mol. The molecule has 0 radical (unpaired) electrons. The molecule has 2 aromatic rings. The lowest BCUT2D eigenvalue weighted by molar-refractivity contribution is 0.0950. The van der Waals surface area contributed by atoms with Gasteiger partial charge in [-0.25, -0.2) is 4.39 Å². The van der Waals surface area contributed by atoms with Crippen molar-refractivity contribution in [2.45, 2.75) is 25.9 Å². The van der Waals surface area contributed by atoms with Gasteiger partial charge in [0.05, 0.1) is 5.56 Å². The highest BCUT2D eigenvalue weighted by Crippen LogP contribution is 2.07. The molecule has 1 amide bonds. The molecule has 132 valence electrons. The summed E-state index contributed by atoms with van der Waals surface area (Å²) in [5, 5.41) is 2.79. The van der Waals surface area contributed by atoms with Crippen LogP contribution in [-0.2, 0) is 13.1 Å². The number of nitrogens with one attached hydrogen (secondary N) is 1. The van der Waals surface area contributed by atoms with Crippen LogP contribution in [0.1, 0.15) is 28.8 Å². The number of benzene rings is 1. The Labute approximate surface area is 146 Å². The van der Waals surface area contributed by atoms with E-state index in [9.17, 15) is 14.0 Å². The lowest BCUT2D eigenvalue weighted by atomic mass is 10.2. The second kappa shape index (κ2) is 8.07. The first kappa shape index (κ1) is 17.4. The van der Waals surface area contributed by atoms with Gasteiger partial charge in [-0.2, -0.15) is 0 Å². The number of aromatic nitrogens is 1. The van der Waals surface area contributed by atoms with Crippen LogP contribution in [0, 0.1) is 5.82 Å². The van der Waals surface area contributed by atoms with Crippen molar-refractivity contribution >= 4 is 5.91 Å². The molecule has 1 fully saturated rings. The molecule has 0 unspecified atom stereocenters. The molecule has 1 aliphatic rings. The molecule has 1 aromatic heterocycles. The molecule has 6 heteroatoms. The van der Waals surface area contributed by atoms with E-state index in [1.165, 1.54) is 37.1 Å². The normalized spacial score (nSPS) is 14.6. The average Bonchev–Trinajstić information content (AvgIpc) is 3.14. The minimum Gasteiger partial charge on any atom is -0.348 e. The molecule has 25 heavy (non-hydrogen) atoms. The zero-order valence-electron chi connectivity index (χ0n) is 14.1. The number of hydrogen-bond donors (Lipinski definition) is 1. The second-order valence-corrected chi connectivity index (χ2v) is 6.31. The maximum Gasteiger partial charge on any atom is 0.253 e. The third-order valence-corrected chi connectivity index (χ3v) is 4.47. The van der Waals surface area contributed by atoms with Gasteiger partial charge in [-0.3, -0.25) is 9.59 Å². The van der Waals surface area contributed by atoms with Gasteiger partial charge in [0.25, 0.3) is 11.5 Å². The van der Waals surface area contributed by atoms with Crippen molar-refractivity contribution < 1.29 is 9.18 Å². The highest BCUT2D eigenvalue weighted by molar-refractivity contribution is 5.93. The van der Waals surface area contributed by atoms with Crippen molar-refractivity contribution in [3.63, 3.8) is 0 Å². The number of pyridine rings is 1. The van der Waals surface area contributed by atoms with Gasteiger partial charge < -0.3 is 14.8 Å². The van der Waals surface area contributed by atoms with Gasteiger partial charge in [0.2, 0.25) is 0 Å². The molecule has 0 saturated carbocycles. The number of likely N-dealkylation sites (tertiary alicyclic amines) is 1. The number of carbonyl (C=O) groups excluding carboxylic acids is 1. The molecular weight excluding hydrogens is 321 g/mol. The molecule has 0 spiro atoms. The molecule has 2 heterocycles. The largest absolute Gasteiger partial charge is 0.348 e. The second-order valence-electron chi connectivity index (χ2n) is 6.31. The topological polar surface area (TPSA) is 54.3 Å². The van der Waals surface area contributed by atoms with Gasteiger partial charge in [0.15, 0.2) is 0 Å². The Morgan fingerprint density at radius 1 is 1.04 bits per heavy atom. The molecule has 1 aliphatic heterocycles. The van der Waals surface area contributed by atoms with E-state index in [1.807, 2.05) is 0 Å². The Hall–Kier alpha value is -2.47. The van der Waals surface area contributed by atoms with Crippen LogP contribution in [0.3, 0.4) is 0 Å². The van der Waals surface area contributed by atoms with Gasteiger partial charge in [-0.05, 0) is 49.7 Å². The smallest absolute Gasteiger partial charge is 0.253 e. The van der Waals surface area contributed by atoms with Crippen molar-refractivity contribution in [1.82, 2.24) is 14.8 Å². The number of carbonyl (C=O) groups is 1. The standard InChI is InChI=1S/C19H22FN3O2/c20-17-6-3-15(4-7-17)13-21-19(25)16-5-8-18(24)23(14-16)12-11-22-9-1-2-10-22/h3-8,14H,1-2,9-13H2,(H,21,25). The number of nitrogens with zero attached hydrogens (tertiary/aromatic N) is 2. The van der Waals surface area contributed by atoms with Gasteiger partial charge in [-0.15, -0.1) is 0 Å².